The molecule has 3 rings (SSSR count). The average Bonchev–Trinajstić information content (AvgIpc) is 3.30. The molecule has 1 aromatic heterocycles. The van der Waals surface area contributed by atoms with Gasteiger partial charge in [-0.1, -0.05) is 56.7 Å². The van der Waals surface area contributed by atoms with Crippen LogP contribution in [-0.2, 0) is 11.2 Å². The van der Waals surface area contributed by atoms with Crippen LogP contribution in [0, 0.1) is 0 Å². The number of carbonyl (C=O) groups is 1. The molecule has 0 spiro atoms. The third-order valence-corrected chi connectivity index (χ3v) is 5.22. The zero-order valence-electron chi connectivity index (χ0n) is 18.6. The summed E-state index contributed by atoms with van der Waals surface area (Å²) in [7, 11) is 0. The maximum absolute atomic E-state index is 12.6. The summed E-state index contributed by atoms with van der Waals surface area (Å²) in [5, 5.41) is 2.95. The van der Waals surface area contributed by atoms with E-state index in [9.17, 15) is 4.79 Å². The molecule has 3 aromatic rings. The molecule has 0 radical (unpaired) electrons. The van der Waals surface area contributed by atoms with E-state index in [1.54, 1.807) is 12.5 Å². The maximum Gasteiger partial charge on any atom is 0.269 e. The van der Waals surface area contributed by atoms with E-state index in [1.165, 1.54) is 24.0 Å². The Bertz CT molecular complexity index is 930. The third kappa shape index (κ3) is 6.53. The topological polar surface area (TPSA) is 56.2 Å². The van der Waals surface area contributed by atoms with E-state index in [0.717, 1.165) is 37.1 Å². The van der Waals surface area contributed by atoms with Gasteiger partial charge in [-0.2, -0.15) is 0 Å². The Hall–Kier alpha value is -2.92. The van der Waals surface area contributed by atoms with Crippen molar-refractivity contribution in [1.82, 2.24) is 14.9 Å². The lowest BCUT2D eigenvalue weighted by Crippen LogP contribution is -2.27. The fraction of sp³-hybridized carbons (Fsp3) is 0.385. The van der Waals surface area contributed by atoms with Crippen molar-refractivity contribution in [2.45, 2.75) is 46.0 Å². The van der Waals surface area contributed by atoms with Gasteiger partial charge in [0.1, 0.15) is 5.69 Å². The highest BCUT2D eigenvalue weighted by atomic mass is 16.5. The summed E-state index contributed by atoms with van der Waals surface area (Å²) in [5.74, 6) is -0.125. The fourth-order valence-corrected chi connectivity index (χ4v) is 3.44. The predicted molar refractivity (Wildman–Crippen MR) is 126 cm³/mol. The second-order valence-corrected chi connectivity index (χ2v) is 7.72. The molecule has 0 aliphatic carbocycles. The molecule has 0 bridgehead atoms. The van der Waals surface area contributed by atoms with E-state index in [1.807, 2.05) is 16.7 Å². The molecule has 0 saturated carbocycles. The van der Waals surface area contributed by atoms with Crippen LogP contribution in [-0.4, -0.2) is 35.2 Å². The highest BCUT2D eigenvalue weighted by molar-refractivity contribution is 5.93. The van der Waals surface area contributed by atoms with Crippen molar-refractivity contribution >= 4 is 5.91 Å². The van der Waals surface area contributed by atoms with Crippen LogP contribution in [0.4, 0.5) is 0 Å². The number of ether oxygens (including phenoxy) is 1. The average molecular weight is 420 g/mol. The molecule has 1 N–H and O–H groups in total. The van der Waals surface area contributed by atoms with Gasteiger partial charge in [0.05, 0.1) is 12.5 Å². The van der Waals surface area contributed by atoms with Crippen molar-refractivity contribution in [2.75, 3.05) is 19.8 Å². The van der Waals surface area contributed by atoms with Crippen molar-refractivity contribution in [2.24, 2.45) is 0 Å². The van der Waals surface area contributed by atoms with E-state index in [2.05, 4.69) is 60.5 Å². The summed E-state index contributed by atoms with van der Waals surface area (Å²) in [5.41, 5.74) is 5.18. The minimum atomic E-state index is -0.125. The van der Waals surface area contributed by atoms with E-state index in [0.29, 0.717) is 18.8 Å². The van der Waals surface area contributed by atoms with Gasteiger partial charge in [-0.15, -0.1) is 0 Å². The number of hydrogen-bond donors (Lipinski definition) is 1. The first-order valence-electron chi connectivity index (χ1n) is 11.3. The fourth-order valence-electron chi connectivity index (χ4n) is 3.44. The van der Waals surface area contributed by atoms with Crippen molar-refractivity contribution < 1.29 is 9.53 Å². The smallest absolute Gasteiger partial charge is 0.269 e. The molecule has 0 aliphatic heterocycles. The standard InChI is InChI=1S/C26H33N3O2/c1-3-5-7-21-8-10-22(11-9-21)23-12-14-24(15-13-23)29-20-27-19-25(29)26(30)28-16-6-18-31-17-4-2/h8-15,19-20H,3-7,16-18H2,1-2H3,(H,28,30). The van der Waals surface area contributed by atoms with Crippen LogP contribution < -0.4 is 5.32 Å². The van der Waals surface area contributed by atoms with Crippen LogP contribution in [0.15, 0.2) is 61.1 Å². The zero-order valence-corrected chi connectivity index (χ0v) is 18.6. The van der Waals surface area contributed by atoms with E-state index < -0.39 is 0 Å². The second kappa shape index (κ2) is 12.1. The summed E-state index contributed by atoms with van der Waals surface area (Å²) >= 11 is 0. The summed E-state index contributed by atoms with van der Waals surface area (Å²) in [6.07, 6.45) is 8.66. The molecule has 2 aromatic carbocycles. The molecule has 31 heavy (non-hydrogen) atoms. The number of benzene rings is 2. The van der Waals surface area contributed by atoms with Crippen LogP contribution in [0.5, 0.6) is 0 Å². The maximum atomic E-state index is 12.6. The van der Waals surface area contributed by atoms with Gasteiger partial charge in [0.15, 0.2) is 0 Å². The van der Waals surface area contributed by atoms with E-state index in [-0.39, 0.29) is 5.91 Å². The summed E-state index contributed by atoms with van der Waals surface area (Å²) < 4.78 is 7.27. The number of rotatable bonds is 12. The molecule has 5 heteroatoms. The van der Waals surface area contributed by atoms with Crippen LogP contribution in [0.3, 0.4) is 0 Å². The molecule has 0 fully saturated rings. The summed E-state index contributed by atoms with van der Waals surface area (Å²) in [4.78, 5) is 16.8. The van der Waals surface area contributed by atoms with Gasteiger partial charge < -0.3 is 10.1 Å². The van der Waals surface area contributed by atoms with Crippen LogP contribution in [0.2, 0.25) is 0 Å². The van der Waals surface area contributed by atoms with Crippen LogP contribution in [0.1, 0.15) is 55.6 Å². The Morgan fingerprint density at radius 3 is 2.32 bits per heavy atom. The van der Waals surface area contributed by atoms with E-state index in [4.69, 9.17) is 4.74 Å². The largest absolute Gasteiger partial charge is 0.381 e. The Kier molecular flexibility index (Phi) is 8.85. The highest BCUT2D eigenvalue weighted by Crippen LogP contribution is 2.22. The SMILES string of the molecule is CCCCc1ccc(-c2ccc(-n3cncc3C(=O)NCCCOCCC)cc2)cc1. The molecule has 1 amide bonds. The number of nitrogens with one attached hydrogen (secondary N) is 1. The molecule has 0 saturated heterocycles. The van der Waals surface area contributed by atoms with Gasteiger partial charge in [-0.05, 0) is 54.5 Å². The molecular weight excluding hydrogens is 386 g/mol. The number of imidazole rings is 1. The van der Waals surface area contributed by atoms with E-state index >= 15 is 0 Å². The number of aromatic nitrogens is 2. The Balaban J connectivity index is 1.61. The Morgan fingerprint density at radius 2 is 1.65 bits per heavy atom. The first-order valence-corrected chi connectivity index (χ1v) is 11.3. The Morgan fingerprint density at radius 1 is 0.935 bits per heavy atom. The minimum Gasteiger partial charge on any atom is -0.381 e. The lowest BCUT2D eigenvalue weighted by atomic mass is 10.0. The minimum absolute atomic E-state index is 0.125. The van der Waals surface area contributed by atoms with Crippen molar-refractivity contribution in [3.63, 3.8) is 0 Å². The second-order valence-electron chi connectivity index (χ2n) is 7.72. The predicted octanol–water partition coefficient (Wildman–Crippen LogP) is 5.43. The lowest BCUT2D eigenvalue weighted by molar-refractivity contribution is 0.0934. The Labute approximate surface area is 185 Å². The van der Waals surface area contributed by atoms with Gasteiger partial charge in [0.2, 0.25) is 0 Å². The monoisotopic (exact) mass is 419 g/mol. The van der Waals surface area contributed by atoms with Crippen molar-refractivity contribution in [1.29, 1.82) is 0 Å². The van der Waals surface area contributed by atoms with Crippen LogP contribution >= 0.6 is 0 Å². The van der Waals surface area contributed by atoms with Crippen LogP contribution in [0.25, 0.3) is 16.8 Å². The van der Waals surface area contributed by atoms with Gasteiger partial charge in [0.25, 0.3) is 5.91 Å². The highest BCUT2D eigenvalue weighted by Gasteiger charge is 2.12. The molecule has 0 aliphatic rings. The normalized spacial score (nSPS) is 10.9. The number of amides is 1. The summed E-state index contributed by atoms with van der Waals surface area (Å²) in [6.45, 7) is 6.31. The number of unbranched alkanes of at least 4 members (excludes halogenated alkanes) is 1. The molecule has 1 heterocycles. The van der Waals surface area contributed by atoms with Crippen molar-refractivity contribution in [3.8, 4) is 16.8 Å². The number of aryl methyl sites for hydroxylation is 1. The molecular formula is C26H33N3O2. The zero-order chi connectivity index (χ0) is 21.9. The number of hydrogen-bond acceptors (Lipinski definition) is 3. The first kappa shape index (κ1) is 22.8. The van der Waals surface area contributed by atoms with Crippen molar-refractivity contribution in [3.05, 3.63) is 72.3 Å². The number of nitrogens with zero attached hydrogens (tertiary/aromatic N) is 2. The van der Waals surface area contributed by atoms with Gasteiger partial charge >= 0.3 is 0 Å². The molecule has 5 nitrogen and oxygen atoms in total. The summed E-state index contributed by atoms with van der Waals surface area (Å²) in [6, 6.07) is 17.0. The lowest BCUT2D eigenvalue weighted by Gasteiger charge is -2.10. The van der Waals surface area contributed by atoms with Gasteiger partial charge in [0, 0.05) is 25.4 Å². The third-order valence-electron chi connectivity index (χ3n) is 5.22. The van der Waals surface area contributed by atoms with Gasteiger partial charge in [-0.25, -0.2) is 4.98 Å². The molecule has 0 atom stereocenters. The molecule has 0 unspecified atom stereocenters. The van der Waals surface area contributed by atoms with Gasteiger partial charge in [-0.3, -0.25) is 9.36 Å². The molecule has 164 valence electrons. The number of carbonyl (C=O) groups excluding carboxylic acids is 1. The quantitative estimate of drug-likeness (QED) is 0.398. The first-order chi connectivity index (χ1) is 15.2.